The van der Waals surface area contributed by atoms with Gasteiger partial charge in [0.2, 0.25) is 5.91 Å². The average Bonchev–Trinajstić information content (AvgIpc) is 3.40. The summed E-state index contributed by atoms with van der Waals surface area (Å²) in [5, 5.41) is 12.8. The molecule has 2 fully saturated rings. The third kappa shape index (κ3) is 3.83. The highest BCUT2D eigenvalue weighted by Crippen LogP contribution is 2.44. The van der Waals surface area contributed by atoms with E-state index in [1.807, 2.05) is 34.5 Å². The fraction of sp³-hybridized carbons (Fsp3) is 0.542. The second-order valence-electron chi connectivity index (χ2n) is 9.55. The number of aliphatic hydroxyl groups excluding tert-OH is 1. The fourth-order valence-electron chi connectivity index (χ4n) is 5.24. The molecule has 1 aliphatic carbocycles. The van der Waals surface area contributed by atoms with E-state index in [1.165, 1.54) is 0 Å². The summed E-state index contributed by atoms with van der Waals surface area (Å²) >= 11 is 1.63. The highest BCUT2D eigenvalue weighted by Gasteiger charge is 2.44. The second-order valence-corrected chi connectivity index (χ2v) is 10.6. The molecule has 0 unspecified atom stereocenters. The Balaban J connectivity index is 1.25. The number of hydrogen-bond donors (Lipinski definition) is 1. The van der Waals surface area contributed by atoms with Gasteiger partial charge in [0.15, 0.2) is 11.5 Å². The minimum absolute atomic E-state index is 0.190. The quantitative estimate of drug-likeness (QED) is 0.809. The zero-order valence-corrected chi connectivity index (χ0v) is 18.4. The molecule has 1 saturated carbocycles. The van der Waals surface area contributed by atoms with Crippen molar-refractivity contribution in [2.75, 3.05) is 13.1 Å². The fourth-order valence-corrected chi connectivity index (χ4v) is 5.93. The van der Waals surface area contributed by atoms with E-state index in [4.69, 9.17) is 9.47 Å². The number of carbonyl (C=O) groups is 1. The van der Waals surface area contributed by atoms with Crippen molar-refractivity contribution in [3.8, 4) is 11.5 Å². The van der Waals surface area contributed by atoms with Gasteiger partial charge >= 0.3 is 0 Å². The van der Waals surface area contributed by atoms with Crippen molar-refractivity contribution < 1.29 is 19.4 Å². The van der Waals surface area contributed by atoms with Crippen LogP contribution in [0.3, 0.4) is 0 Å². The Morgan fingerprint density at radius 1 is 1.23 bits per heavy atom. The summed E-state index contributed by atoms with van der Waals surface area (Å²) in [7, 11) is 0. The summed E-state index contributed by atoms with van der Waals surface area (Å²) in [5.74, 6) is 2.46. The van der Waals surface area contributed by atoms with E-state index in [-0.39, 0.29) is 17.6 Å². The summed E-state index contributed by atoms with van der Waals surface area (Å²) in [5.41, 5.74) is 0.930. The summed E-state index contributed by atoms with van der Waals surface area (Å²) in [4.78, 5) is 15.8. The number of benzene rings is 1. The zero-order chi connectivity index (χ0) is 20.9. The number of thiophene rings is 1. The van der Waals surface area contributed by atoms with E-state index in [0.29, 0.717) is 24.7 Å². The molecule has 30 heavy (non-hydrogen) atoms. The molecule has 0 bridgehead atoms. The molecule has 1 N–H and O–H groups in total. The number of carbonyl (C=O) groups excluding carboxylic acids is 1. The van der Waals surface area contributed by atoms with Gasteiger partial charge in [0.05, 0.1) is 12.5 Å². The van der Waals surface area contributed by atoms with Crippen molar-refractivity contribution in [3.63, 3.8) is 0 Å². The Labute approximate surface area is 181 Å². The van der Waals surface area contributed by atoms with Gasteiger partial charge < -0.3 is 19.5 Å². The van der Waals surface area contributed by atoms with Gasteiger partial charge in [-0.1, -0.05) is 18.2 Å². The van der Waals surface area contributed by atoms with Crippen LogP contribution in [-0.4, -0.2) is 46.8 Å². The van der Waals surface area contributed by atoms with E-state index >= 15 is 0 Å². The maximum absolute atomic E-state index is 12.7. The van der Waals surface area contributed by atoms with Crippen LogP contribution in [0.1, 0.15) is 37.1 Å². The molecule has 5 rings (SSSR count). The summed E-state index contributed by atoms with van der Waals surface area (Å²) in [6, 6.07) is 10.0. The van der Waals surface area contributed by atoms with Gasteiger partial charge in [0.25, 0.3) is 0 Å². The molecule has 1 saturated heterocycles. The van der Waals surface area contributed by atoms with Crippen molar-refractivity contribution in [2.24, 2.45) is 11.8 Å². The van der Waals surface area contributed by atoms with E-state index < -0.39 is 6.10 Å². The molecule has 1 aromatic heterocycles. The van der Waals surface area contributed by atoms with Gasteiger partial charge in [-0.25, -0.2) is 0 Å². The van der Waals surface area contributed by atoms with Gasteiger partial charge in [-0.2, -0.15) is 0 Å². The predicted molar refractivity (Wildman–Crippen MR) is 116 cm³/mol. The number of amides is 1. The molecule has 0 radical (unpaired) electrons. The monoisotopic (exact) mass is 427 g/mol. The number of likely N-dealkylation sites (tertiary alicyclic amines) is 1. The lowest BCUT2D eigenvalue weighted by molar-refractivity contribution is -0.129. The van der Waals surface area contributed by atoms with Crippen LogP contribution in [0, 0.1) is 11.8 Å². The van der Waals surface area contributed by atoms with Crippen molar-refractivity contribution >= 4 is 17.2 Å². The number of para-hydroxylation sites is 1. The molecule has 6 heteroatoms. The van der Waals surface area contributed by atoms with Crippen LogP contribution in [0.25, 0.3) is 0 Å². The van der Waals surface area contributed by atoms with E-state index in [0.717, 1.165) is 47.9 Å². The van der Waals surface area contributed by atoms with Crippen molar-refractivity contribution in [2.45, 2.75) is 57.3 Å². The maximum atomic E-state index is 12.7. The molecule has 3 heterocycles. The lowest BCUT2D eigenvalue weighted by atomic mass is 9.78. The van der Waals surface area contributed by atoms with Crippen molar-refractivity contribution in [1.82, 2.24) is 4.90 Å². The molecule has 0 spiro atoms. The third-order valence-electron chi connectivity index (χ3n) is 6.68. The summed E-state index contributed by atoms with van der Waals surface area (Å²) in [6.45, 7) is 5.67. The molecule has 3 aliphatic rings. The van der Waals surface area contributed by atoms with Crippen LogP contribution in [0.15, 0.2) is 35.7 Å². The first kappa shape index (κ1) is 19.9. The van der Waals surface area contributed by atoms with Crippen LogP contribution in [-0.2, 0) is 17.6 Å². The normalized spacial score (nSPS) is 29.2. The largest absolute Gasteiger partial charge is 0.484 e. The number of ether oxygens (including phenoxy) is 2. The van der Waals surface area contributed by atoms with Crippen LogP contribution in [0.4, 0.5) is 0 Å². The maximum Gasteiger partial charge on any atom is 0.227 e. The average molecular weight is 428 g/mol. The molecular weight excluding hydrogens is 398 g/mol. The predicted octanol–water partition coefficient (Wildman–Crippen LogP) is 3.68. The Bertz CT molecular complexity index is 925. The number of aliphatic hydroxyl groups is 1. The summed E-state index contributed by atoms with van der Waals surface area (Å²) in [6.07, 6.45) is 1.99. The number of hydrogen-bond acceptors (Lipinski definition) is 5. The van der Waals surface area contributed by atoms with E-state index in [2.05, 4.69) is 19.9 Å². The Morgan fingerprint density at radius 2 is 2.03 bits per heavy atom. The molecular formula is C24H29NO4S. The van der Waals surface area contributed by atoms with Crippen LogP contribution < -0.4 is 9.47 Å². The minimum Gasteiger partial charge on any atom is -0.484 e. The number of fused-ring (bicyclic) bond motifs is 2. The Kier molecular flexibility index (Phi) is 5.02. The number of rotatable bonds is 4. The number of nitrogens with zero attached hydrogens (tertiary/aromatic N) is 1. The van der Waals surface area contributed by atoms with E-state index in [9.17, 15) is 9.90 Å². The first-order valence-corrected chi connectivity index (χ1v) is 11.7. The third-order valence-corrected chi connectivity index (χ3v) is 7.55. The molecule has 2 aromatic rings. The van der Waals surface area contributed by atoms with Gasteiger partial charge in [-0.3, -0.25) is 4.79 Å². The highest BCUT2D eigenvalue weighted by atomic mass is 32.1. The van der Waals surface area contributed by atoms with Gasteiger partial charge in [-0.15, -0.1) is 11.3 Å². The van der Waals surface area contributed by atoms with Gasteiger partial charge in [-0.05, 0) is 56.0 Å². The molecule has 1 aromatic carbocycles. The lowest BCUT2D eigenvalue weighted by Crippen LogP contribution is -2.42. The van der Waals surface area contributed by atoms with Crippen molar-refractivity contribution in [1.29, 1.82) is 0 Å². The topological polar surface area (TPSA) is 59.0 Å². The van der Waals surface area contributed by atoms with Gasteiger partial charge in [0, 0.05) is 30.0 Å². The van der Waals surface area contributed by atoms with Crippen molar-refractivity contribution in [3.05, 3.63) is 46.2 Å². The first-order valence-electron chi connectivity index (χ1n) is 10.8. The first-order chi connectivity index (χ1) is 14.4. The van der Waals surface area contributed by atoms with Crippen LogP contribution in [0.2, 0.25) is 0 Å². The molecule has 5 nitrogen and oxygen atoms in total. The minimum atomic E-state index is -0.524. The second kappa shape index (κ2) is 7.57. The summed E-state index contributed by atoms with van der Waals surface area (Å²) < 4.78 is 12.4. The molecule has 4 atom stereocenters. The molecule has 160 valence electrons. The Hall–Kier alpha value is -2.05. The lowest BCUT2D eigenvalue weighted by Gasteiger charge is -2.35. The van der Waals surface area contributed by atoms with Crippen LogP contribution in [0.5, 0.6) is 11.5 Å². The van der Waals surface area contributed by atoms with Gasteiger partial charge in [0.1, 0.15) is 11.7 Å². The Morgan fingerprint density at radius 3 is 2.80 bits per heavy atom. The smallest absolute Gasteiger partial charge is 0.227 e. The van der Waals surface area contributed by atoms with Crippen LogP contribution >= 0.6 is 11.3 Å². The molecule has 2 aliphatic heterocycles. The molecule has 1 amide bonds. The zero-order valence-electron chi connectivity index (χ0n) is 17.5. The highest BCUT2D eigenvalue weighted by molar-refractivity contribution is 7.10. The SMILES string of the molecule is CC1(C)Cc2cccc(O[C@@H]3C[C@@H]4CN(C(=O)Cc5cccs5)C[C@@H]4C[C@H]3O)c2O1. The van der Waals surface area contributed by atoms with E-state index in [1.54, 1.807) is 11.3 Å². The standard InChI is InChI=1S/C24H29NO4S/c1-24(2)12-15-5-3-7-20(23(15)29-24)28-21-10-17-14-25(13-16(17)9-19(21)26)22(27)11-18-6-4-8-30-18/h3-8,16-17,19,21,26H,9-14H2,1-2H3/t16-,17+,19+,21+/m0/s1.